The molecule has 0 bridgehead atoms. The fourth-order valence-electron chi connectivity index (χ4n) is 1.17. The molecule has 1 N–H and O–H groups in total. The standard InChI is InChI=1S/C13H14O5/c1-17-12(15)11(14)13(16)18-9-5-8-10-6-3-2-4-7-10/h2-8,11,14H,9H2,1H3/b8-5+. The summed E-state index contributed by atoms with van der Waals surface area (Å²) in [6, 6.07) is 9.44. The molecule has 0 spiro atoms. The maximum absolute atomic E-state index is 11.1. The zero-order valence-electron chi connectivity index (χ0n) is 9.91. The van der Waals surface area contributed by atoms with Crippen molar-refractivity contribution < 1.29 is 24.2 Å². The van der Waals surface area contributed by atoms with Crippen LogP contribution in [0.2, 0.25) is 0 Å². The number of carbonyl (C=O) groups is 2. The number of aliphatic hydroxyl groups is 1. The van der Waals surface area contributed by atoms with Gasteiger partial charge in [0.2, 0.25) is 6.10 Å². The topological polar surface area (TPSA) is 72.8 Å². The van der Waals surface area contributed by atoms with Gasteiger partial charge in [-0.05, 0) is 11.6 Å². The predicted molar refractivity (Wildman–Crippen MR) is 64.5 cm³/mol. The molecule has 0 aliphatic rings. The van der Waals surface area contributed by atoms with Gasteiger partial charge in [0.1, 0.15) is 6.61 Å². The van der Waals surface area contributed by atoms with Crippen LogP contribution in [0.15, 0.2) is 36.4 Å². The van der Waals surface area contributed by atoms with Crippen molar-refractivity contribution in [2.45, 2.75) is 6.10 Å². The number of carbonyl (C=O) groups excluding carboxylic acids is 2. The van der Waals surface area contributed by atoms with Crippen LogP contribution in [0.3, 0.4) is 0 Å². The van der Waals surface area contributed by atoms with Crippen molar-refractivity contribution in [1.29, 1.82) is 0 Å². The Hall–Kier alpha value is -2.14. The second kappa shape index (κ2) is 7.24. The van der Waals surface area contributed by atoms with E-state index in [-0.39, 0.29) is 6.61 Å². The third-order valence-corrected chi connectivity index (χ3v) is 2.08. The van der Waals surface area contributed by atoms with Crippen LogP contribution in [0, 0.1) is 0 Å². The number of aliphatic hydroxyl groups excluding tert-OH is 1. The first-order chi connectivity index (χ1) is 8.65. The third-order valence-electron chi connectivity index (χ3n) is 2.08. The number of benzene rings is 1. The molecule has 96 valence electrons. The van der Waals surface area contributed by atoms with E-state index < -0.39 is 18.0 Å². The molecule has 0 radical (unpaired) electrons. The predicted octanol–water partition coefficient (Wildman–Crippen LogP) is 0.777. The summed E-state index contributed by atoms with van der Waals surface area (Å²) in [5, 5.41) is 9.13. The maximum atomic E-state index is 11.1. The molecule has 1 rings (SSSR count). The van der Waals surface area contributed by atoms with Gasteiger partial charge in [-0.25, -0.2) is 9.59 Å². The molecule has 0 aliphatic carbocycles. The molecule has 0 aliphatic heterocycles. The normalized spacial score (nSPS) is 12.1. The van der Waals surface area contributed by atoms with E-state index in [0.717, 1.165) is 12.7 Å². The molecule has 18 heavy (non-hydrogen) atoms. The molecule has 1 atom stereocenters. The Bertz CT molecular complexity index is 424. The highest BCUT2D eigenvalue weighted by Crippen LogP contribution is 2.01. The van der Waals surface area contributed by atoms with Gasteiger partial charge < -0.3 is 14.6 Å². The Kier molecular flexibility index (Phi) is 5.60. The lowest BCUT2D eigenvalue weighted by molar-refractivity contribution is -0.166. The highest BCUT2D eigenvalue weighted by atomic mass is 16.6. The van der Waals surface area contributed by atoms with Crippen molar-refractivity contribution in [1.82, 2.24) is 0 Å². The molecule has 0 amide bonds. The number of rotatable bonds is 5. The first-order valence-electron chi connectivity index (χ1n) is 5.29. The number of methoxy groups -OCH3 is 1. The molecular formula is C13H14O5. The molecule has 0 saturated heterocycles. The van der Waals surface area contributed by atoms with Gasteiger partial charge in [0, 0.05) is 0 Å². The van der Waals surface area contributed by atoms with Gasteiger partial charge in [0.05, 0.1) is 7.11 Å². The average Bonchev–Trinajstić information content (AvgIpc) is 2.42. The summed E-state index contributed by atoms with van der Waals surface area (Å²) < 4.78 is 8.87. The van der Waals surface area contributed by atoms with Crippen LogP contribution in [0.1, 0.15) is 5.56 Å². The fraction of sp³-hybridized carbons (Fsp3) is 0.231. The second-order valence-electron chi connectivity index (χ2n) is 3.37. The molecule has 0 aromatic heterocycles. The van der Waals surface area contributed by atoms with E-state index >= 15 is 0 Å². The van der Waals surface area contributed by atoms with Crippen LogP contribution < -0.4 is 0 Å². The third kappa shape index (κ3) is 4.39. The fourth-order valence-corrected chi connectivity index (χ4v) is 1.17. The first kappa shape index (κ1) is 13.9. The van der Waals surface area contributed by atoms with Crippen LogP contribution >= 0.6 is 0 Å². The van der Waals surface area contributed by atoms with Gasteiger partial charge >= 0.3 is 11.9 Å². The van der Waals surface area contributed by atoms with Crippen LogP contribution in [-0.4, -0.2) is 36.9 Å². The van der Waals surface area contributed by atoms with E-state index in [0.29, 0.717) is 0 Å². The van der Waals surface area contributed by atoms with Crippen molar-refractivity contribution in [3.63, 3.8) is 0 Å². The molecule has 0 saturated carbocycles. The zero-order chi connectivity index (χ0) is 13.4. The Morgan fingerprint density at radius 2 is 1.94 bits per heavy atom. The highest BCUT2D eigenvalue weighted by molar-refractivity contribution is 5.97. The summed E-state index contributed by atoms with van der Waals surface area (Å²) >= 11 is 0. The summed E-state index contributed by atoms with van der Waals surface area (Å²) in [7, 11) is 1.08. The van der Waals surface area contributed by atoms with Crippen molar-refractivity contribution in [3.8, 4) is 0 Å². The monoisotopic (exact) mass is 250 g/mol. The SMILES string of the molecule is COC(=O)C(O)C(=O)OC/C=C/c1ccccc1. The average molecular weight is 250 g/mol. The molecule has 1 aromatic carbocycles. The van der Waals surface area contributed by atoms with Crippen molar-refractivity contribution in [3.05, 3.63) is 42.0 Å². The van der Waals surface area contributed by atoms with E-state index in [9.17, 15) is 9.59 Å². The lowest BCUT2D eigenvalue weighted by Gasteiger charge is -2.06. The largest absolute Gasteiger partial charge is 0.467 e. The number of esters is 2. The molecule has 1 unspecified atom stereocenters. The molecule has 0 heterocycles. The molecule has 5 heteroatoms. The maximum Gasteiger partial charge on any atom is 0.347 e. The van der Waals surface area contributed by atoms with Crippen LogP contribution in [-0.2, 0) is 19.1 Å². The van der Waals surface area contributed by atoms with Gasteiger partial charge in [-0.15, -0.1) is 0 Å². The summed E-state index contributed by atoms with van der Waals surface area (Å²) in [4.78, 5) is 22.0. The Morgan fingerprint density at radius 1 is 1.28 bits per heavy atom. The smallest absolute Gasteiger partial charge is 0.347 e. The quantitative estimate of drug-likeness (QED) is 0.617. The Balaban J connectivity index is 2.36. The van der Waals surface area contributed by atoms with Crippen LogP contribution in [0.4, 0.5) is 0 Å². The number of hydrogen-bond donors (Lipinski definition) is 1. The zero-order valence-corrected chi connectivity index (χ0v) is 9.91. The van der Waals surface area contributed by atoms with Gasteiger partial charge in [0.25, 0.3) is 0 Å². The summed E-state index contributed by atoms with van der Waals surface area (Å²) in [6.45, 7) is -0.0260. The minimum atomic E-state index is -1.89. The first-order valence-corrected chi connectivity index (χ1v) is 5.29. The van der Waals surface area contributed by atoms with Gasteiger partial charge in [-0.3, -0.25) is 0 Å². The van der Waals surface area contributed by atoms with Crippen molar-refractivity contribution in [2.75, 3.05) is 13.7 Å². The Labute approximate surface area is 105 Å². The summed E-state index contributed by atoms with van der Waals surface area (Å²) in [5.74, 6) is -2.06. The molecular weight excluding hydrogens is 236 g/mol. The van der Waals surface area contributed by atoms with E-state index in [1.807, 2.05) is 30.3 Å². The Morgan fingerprint density at radius 3 is 2.56 bits per heavy atom. The molecule has 5 nitrogen and oxygen atoms in total. The summed E-state index contributed by atoms with van der Waals surface area (Å²) in [5.41, 5.74) is 0.960. The number of hydrogen-bond acceptors (Lipinski definition) is 5. The lowest BCUT2D eigenvalue weighted by Crippen LogP contribution is -2.32. The van der Waals surface area contributed by atoms with Crippen molar-refractivity contribution in [2.24, 2.45) is 0 Å². The van der Waals surface area contributed by atoms with E-state index in [2.05, 4.69) is 9.47 Å². The lowest BCUT2D eigenvalue weighted by atomic mass is 10.2. The second-order valence-corrected chi connectivity index (χ2v) is 3.37. The number of ether oxygens (including phenoxy) is 2. The van der Waals surface area contributed by atoms with E-state index in [4.69, 9.17) is 5.11 Å². The van der Waals surface area contributed by atoms with Crippen molar-refractivity contribution >= 4 is 18.0 Å². The van der Waals surface area contributed by atoms with Crippen LogP contribution in [0.25, 0.3) is 6.08 Å². The minimum Gasteiger partial charge on any atom is -0.467 e. The minimum absolute atomic E-state index is 0.0260. The van der Waals surface area contributed by atoms with Gasteiger partial charge in [0.15, 0.2) is 0 Å². The van der Waals surface area contributed by atoms with Crippen LogP contribution in [0.5, 0.6) is 0 Å². The summed E-state index contributed by atoms with van der Waals surface area (Å²) in [6.07, 6.45) is 1.48. The molecule has 1 aromatic rings. The molecule has 0 fully saturated rings. The highest BCUT2D eigenvalue weighted by Gasteiger charge is 2.25. The van der Waals surface area contributed by atoms with Gasteiger partial charge in [-0.1, -0.05) is 36.4 Å². The van der Waals surface area contributed by atoms with E-state index in [1.165, 1.54) is 0 Å². The van der Waals surface area contributed by atoms with E-state index in [1.54, 1.807) is 12.2 Å². The van der Waals surface area contributed by atoms with Gasteiger partial charge in [-0.2, -0.15) is 0 Å².